The van der Waals surface area contributed by atoms with E-state index < -0.39 is 0 Å². The molecule has 0 spiro atoms. The van der Waals surface area contributed by atoms with E-state index >= 15 is 0 Å². The Bertz CT molecular complexity index is 638. The molecule has 1 aliphatic rings. The maximum atomic E-state index is 12.8. The van der Waals surface area contributed by atoms with E-state index in [4.69, 9.17) is 4.52 Å². The van der Waals surface area contributed by atoms with Gasteiger partial charge >= 0.3 is 0 Å². The Morgan fingerprint density at radius 2 is 2.14 bits per heavy atom. The van der Waals surface area contributed by atoms with Crippen LogP contribution >= 0.6 is 0 Å². The quantitative estimate of drug-likeness (QED) is 0.874. The minimum Gasteiger partial charge on any atom is -0.361 e. The molecule has 2 aromatic rings. The second-order valence-corrected chi connectivity index (χ2v) is 5.80. The average molecular weight is 299 g/mol. The van der Waals surface area contributed by atoms with Crippen molar-refractivity contribution in [2.45, 2.75) is 39.2 Å². The van der Waals surface area contributed by atoms with E-state index in [2.05, 4.69) is 17.1 Å². The lowest BCUT2D eigenvalue weighted by Crippen LogP contribution is -2.55. The molecule has 0 saturated carbocycles. The van der Waals surface area contributed by atoms with E-state index in [1.165, 1.54) is 0 Å². The SMILES string of the molecule is Cc1cc(CC(=O)N2[C@H](C)CCCN2c2ccccc2)on1. The zero-order valence-electron chi connectivity index (χ0n) is 13.0. The molecule has 0 aliphatic carbocycles. The molecule has 0 unspecified atom stereocenters. The normalized spacial score (nSPS) is 18.5. The van der Waals surface area contributed by atoms with Crippen LogP contribution in [0.4, 0.5) is 5.69 Å². The summed E-state index contributed by atoms with van der Waals surface area (Å²) in [6.07, 6.45) is 2.35. The van der Waals surface area contributed by atoms with Crippen LogP contribution in [0.3, 0.4) is 0 Å². The van der Waals surface area contributed by atoms with E-state index in [-0.39, 0.29) is 18.4 Å². The van der Waals surface area contributed by atoms with Gasteiger partial charge in [0, 0.05) is 12.6 Å². The van der Waals surface area contributed by atoms with Gasteiger partial charge in [0.2, 0.25) is 5.91 Å². The summed E-state index contributed by atoms with van der Waals surface area (Å²) in [5.41, 5.74) is 1.85. The summed E-state index contributed by atoms with van der Waals surface area (Å²) in [6, 6.07) is 12.1. The molecule has 116 valence electrons. The fourth-order valence-electron chi connectivity index (χ4n) is 2.97. The number of rotatable bonds is 3. The average Bonchev–Trinajstić information content (AvgIpc) is 2.92. The molecule has 2 heterocycles. The van der Waals surface area contributed by atoms with Gasteiger partial charge in [-0.3, -0.25) is 14.8 Å². The van der Waals surface area contributed by atoms with Gasteiger partial charge < -0.3 is 4.52 Å². The third kappa shape index (κ3) is 2.98. The van der Waals surface area contributed by atoms with Gasteiger partial charge in [-0.05, 0) is 38.8 Å². The van der Waals surface area contributed by atoms with Crippen molar-refractivity contribution < 1.29 is 9.32 Å². The van der Waals surface area contributed by atoms with E-state index in [0.717, 1.165) is 30.8 Å². The van der Waals surface area contributed by atoms with Crippen molar-refractivity contribution in [2.75, 3.05) is 11.6 Å². The molecular weight excluding hydrogens is 278 g/mol. The standard InChI is InChI=1S/C17H21N3O2/c1-13-11-16(22-18-13)12-17(21)20-14(2)7-6-10-19(20)15-8-4-3-5-9-15/h3-5,8-9,11,14H,6-7,10,12H2,1-2H3/t14-/m1/s1. The van der Waals surface area contributed by atoms with Gasteiger partial charge in [0.15, 0.2) is 0 Å². The Hall–Kier alpha value is -2.30. The zero-order chi connectivity index (χ0) is 15.5. The summed E-state index contributed by atoms with van der Waals surface area (Å²) < 4.78 is 5.19. The molecule has 1 aromatic carbocycles. The molecule has 22 heavy (non-hydrogen) atoms. The highest BCUT2D eigenvalue weighted by Crippen LogP contribution is 2.25. The Kier molecular flexibility index (Phi) is 4.13. The van der Waals surface area contributed by atoms with Crippen LogP contribution in [0.1, 0.15) is 31.2 Å². The molecular formula is C17H21N3O2. The lowest BCUT2D eigenvalue weighted by Gasteiger charge is -2.44. The minimum atomic E-state index is 0.0483. The number of anilines is 1. The van der Waals surface area contributed by atoms with Gasteiger partial charge in [0.05, 0.1) is 23.8 Å². The number of amides is 1. The number of hydrazine groups is 1. The molecule has 0 bridgehead atoms. The third-order valence-electron chi connectivity index (χ3n) is 3.98. The van der Waals surface area contributed by atoms with Crippen LogP contribution < -0.4 is 5.01 Å². The second kappa shape index (κ2) is 6.22. The molecule has 0 N–H and O–H groups in total. The van der Waals surface area contributed by atoms with Crippen molar-refractivity contribution in [3.63, 3.8) is 0 Å². The van der Waals surface area contributed by atoms with Crippen LogP contribution in [-0.2, 0) is 11.2 Å². The first-order chi connectivity index (χ1) is 10.6. The highest BCUT2D eigenvalue weighted by atomic mass is 16.5. The maximum absolute atomic E-state index is 12.8. The first-order valence-corrected chi connectivity index (χ1v) is 7.72. The number of para-hydroxylation sites is 1. The number of carbonyl (C=O) groups excluding carboxylic acids is 1. The zero-order valence-corrected chi connectivity index (χ0v) is 13.0. The van der Waals surface area contributed by atoms with E-state index in [0.29, 0.717) is 5.76 Å². The predicted octanol–water partition coefficient (Wildman–Crippen LogP) is 2.96. The van der Waals surface area contributed by atoms with Crippen LogP contribution in [0, 0.1) is 6.92 Å². The van der Waals surface area contributed by atoms with Gasteiger partial charge in [-0.25, -0.2) is 0 Å². The fourth-order valence-corrected chi connectivity index (χ4v) is 2.97. The van der Waals surface area contributed by atoms with Crippen molar-refractivity contribution >= 4 is 11.6 Å². The van der Waals surface area contributed by atoms with Crippen molar-refractivity contribution in [2.24, 2.45) is 0 Å². The van der Waals surface area contributed by atoms with Crippen molar-refractivity contribution in [3.8, 4) is 0 Å². The van der Waals surface area contributed by atoms with Crippen molar-refractivity contribution in [3.05, 3.63) is 47.9 Å². The van der Waals surface area contributed by atoms with Crippen molar-refractivity contribution in [1.29, 1.82) is 0 Å². The number of carbonyl (C=O) groups is 1. The van der Waals surface area contributed by atoms with Gasteiger partial charge in [0.1, 0.15) is 5.76 Å². The summed E-state index contributed by atoms with van der Waals surface area (Å²) in [7, 11) is 0. The lowest BCUT2D eigenvalue weighted by atomic mass is 10.1. The molecule has 1 atom stereocenters. The lowest BCUT2D eigenvalue weighted by molar-refractivity contribution is -0.134. The van der Waals surface area contributed by atoms with Crippen LogP contribution in [-0.4, -0.2) is 28.7 Å². The van der Waals surface area contributed by atoms with Gasteiger partial charge in [0.25, 0.3) is 0 Å². The summed E-state index contributed by atoms with van der Waals surface area (Å²) in [4.78, 5) is 12.8. The Morgan fingerprint density at radius 1 is 1.36 bits per heavy atom. The van der Waals surface area contributed by atoms with Crippen LogP contribution in [0.25, 0.3) is 0 Å². The number of nitrogens with zero attached hydrogens (tertiary/aromatic N) is 3. The van der Waals surface area contributed by atoms with Crippen LogP contribution in [0.2, 0.25) is 0 Å². The Balaban J connectivity index is 1.82. The Morgan fingerprint density at radius 3 is 2.82 bits per heavy atom. The first kappa shape index (κ1) is 14.6. The summed E-state index contributed by atoms with van der Waals surface area (Å²) >= 11 is 0. The van der Waals surface area contributed by atoms with Crippen LogP contribution in [0.15, 0.2) is 40.9 Å². The smallest absolute Gasteiger partial charge is 0.249 e. The highest BCUT2D eigenvalue weighted by molar-refractivity contribution is 5.80. The number of aryl methyl sites for hydroxylation is 1. The maximum Gasteiger partial charge on any atom is 0.249 e. The Labute approximate surface area is 130 Å². The fraction of sp³-hybridized carbons (Fsp3) is 0.412. The molecule has 1 aromatic heterocycles. The number of hydrogen-bond acceptors (Lipinski definition) is 4. The van der Waals surface area contributed by atoms with E-state index in [1.807, 2.05) is 48.3 Å². The first-order valence-electron chi connectivity index (χ1n) is 7.72. The molecule has 3 rings (SSSR count). The van der Waals surface area contributed by atoms with Crippen LogP contribution in [0.5, 0.6) is 0 Å². The molecule has 5 nitrogen and oxygen atoms in total. The molecule has 1 saturated heterocycles. The van der Waals surface area contributed by atoms with E-state index in [1.54, 1.807) is 0 Å². The number of benzene rings is 1. The largest absolute Gasteiger partial charge is 0.361 e. The van der Waals surface area contributed by atoms with Gasteiger partial charge in [-0.1, -0.05) is 23.4 Å². The topological polar surface area (TPSA) is 49.6 Å². The summed E-state index contributed by atoms with van der Waals surface area (Å²) in [6.45, 7) is 4.81. The summed E-state index contributed by atoms with van der Waals surface area (Å²) in [5.74, 6) is 0.667. The van der Waals surface area contributed by atoms with Crippen molar-refractivity contribution in [1.82, 2.24) is 10.2 Å². The van der Waals surface area contributed by atoms with Gasteiger partial charge in [-0.15, -0.1) is 0 Å². The number of aromatic nitrogens is 1. The monoisotopic (exact) mass is 299 g/mol. The third-order valence-corrected chi connectivity index (χ3v) is 3.98. The molecule has 1 amide bonds. The summed E-state index contributed by atoms with van der Waals surface area (Å²) in [5, 5.41) is 7.81. The predicted molar refractivity (Wildman–Crippen MR) is 84.3 cm³/mol. The second-order valence-electron chi connectivity index (χ2n) is 5.80. The minimum absolute atomic E-state index is 0.0483. The highest BCUT2D eigenvalue weighted by Gasteiger charge is 2.31. The van der Waals surface area contributed by atoms with Gasteiger partial charge in [-0.2, -0.15) is 0 Å². The molecule has 1 aliphatic heterocycles. The number of hydrogen-bond donors (Lipinski definition) is 0. The molecule has 0 radical (unpaired) electrons. The van der Waals surface area contributed by atoms with E-state index in [9.17, 15) is 4.79 Å². The molecule has 5 heteroatoms. The molecule has 1 fully saturated rings.